The number of halogens is 4. The van der Waals surface area contributed by atoms with Gasteiger partial charge in [-0.2, -0.15) is 18.3 Å². The molecule has 0 bridgehead atoms. The number of aryl methyl sites for hydroxylation is 1. The number of hydrogen-bond donors (Lipinski definition) is 2. The first-order valence-corrected chi connectivity index (χ1v) is 9.61. The third kappa shape index (κ3) is 4.48. The van der Waals surface area contributed by atoms with Crippen molar-refractivity contribution in [2.45, 2.75) is 44.2 Å². The zero-order chi connectivity index (χ0) is 20.6. The molecule has 6 nitrogen and oxygen atoms in total. The second kappa shape index (κ2) is 8.56. The molecule has 0 radical (unpaired) electrons. The van der Waals surface area contributed by atoms with Gasteiger partial charge in [0.15, 0.2) is 5.69 Å². The minimum atomic E-state index is -4.37. The standard InChI is InChI=1S/C20H23F3N4O2.ClH/c1-27-16-10-19(6-8-24-9-7-19)29-12-15(16)17(26-27)18(28)25-11-13-2-4-14(5-3-13)20(21,22)23;/h2-5,24H,6-12H2,1H3,(H,25,28);1H. The van der Waals surface area contributed by atoms with E-state index in [0.29, 0.717) is 17.9 Å². The van der Waals surface area contributed by atoms with Crippen molar-refractivity contribution in [1.82, 2.24) is 20.4 Å². The number of benzene rings is 1. The lowest BCUT2D eigenvalue weighted by atomic mass is 9.84. The molecule has 0 saturated carbocycles. The highest BCUT2D eigenvalue weighted by atomic mass is 35.5. The van der Waals surface area contributed by atoms with E-state index in [0.717, 1.165) is 55.7 Å². The molecule has 4 rings (SSSR count). The number of hydrogen-bond acceptors (Lipinski definition) is 4. The first kappa shape index (κ1) is 22.6. The van der Waals surface area contributed by atoms with Crippen LogP contribution in [0.5, 0.6) is 0 Å². The average molecular weight is 445 g/mol. The lowest BCUT2D eigenvalue weighted by molar-refractivity contribution is -0.137. The number of rotatable bonds is 3. The third-order valence-corrected chi connectivity index (χ3v) is 5.75. The van der Waals surface area contributed by atoms with Gasteiger partial charge in [-0.25, -0.2) is 0 Å². The van der Waals surface area contributed by atoms with E-state index in [2.05, 4.69) is 15.7 Å². The van der Waals surface area contributed by atoms with E-state index in [-0.39, 0.29) is 30.5 Å². The van der Waals surface area contributed by atoms with Crippen molar-refractivity contribution in [3.05, 3.63) is 52.3 Å². The van der Waals surface area contributed by atoms with Gasteiger partial charge in [-0.05, 0) is 43.6 Å². The van der Waals surface area contributed by atoms with Gasteiger partial charge < -0.3 is 15.4 Å². The van der Waals surface area contributed by atoms with Crippen LogP contribution in [0, 0.1) is 0 Å². The molecule has 2 aliphatic rings. The zero-order valence-electron chi connectivity index (χ0n) is 16.5. The summed E-state index contributed by atoms with van der Waals surface area (Å²) in [6.07, 6.45) is -1.81. The van der Waals surface area contributed by atoms with E-state index in [1.54, 1.807) is 4.68 Å². The summed E-state index contributed by atoms with van der Waals surface area (Å²) in [5.41, 5.74) is 1.80. The minimum absolute atomic E-state index is 0. The van der Waals surface area contributed by atoms with Gasteiger partial charge in [0.1, 0.15) is 0 Å². The van der Waals surface area contributed by atoms with Gasteiger partial charge in [0.2, 0.25) is 0 Å². The molecule has 1 amide bonds. The molecule has 1 fully saturated rings. The Hall–Kier alpha value is -2.10. The number of aromatic nitrogens is 2. The Balaban J connectivity index is 0.00000256. The Morgan fingerprint density at radius 2 is 1.93 bits per heavy atom. The van der Waals surface area contributed by atoms with Crippen LogP contribution in [0.25, 0.3) is 0 Å². The average Bonchev–Trinajstić information content (AvgIpc) is 3.02. The smallest absolute Gasteiger partial charge is 0.370 e. The number of nitrogens with one attached hydrogen (secondary N) is 2. The van der Waals surface area contributed by atoms with E-state index < -0.39 is 11.7 Å². The van der Waals surface area contributed by atoms with Crippen LogP contribution in [0.4, 0.5) is 13.2 Å². The summed E-state index contributed by atoms with van der Waals surface area (Å²) in [6, 6.07) is 4.74. The number of carbonyl (C=O) groups is 1. The number of carbonyl (C=O) groups excluding carboxylic acids is 1. The molecule has 3 heterocycles. The van der Waals surface area contributed by atoms with Gasteiger partial charge >= 0.3 is 6.18 Å². The van der Waals surface area contributed by atoms with E-state index in [1.165, 1.54) is 12.1 Å². The molecule has 2 aromatic rings. The maximum absolute atomic E-state index is 12.7. The topological polar surface area (TPSA) is 68.2 Å². The number of piperidine rings is 1. The highest BCUT2D eigenvalue weighted by Crippen LogP contribution is 2.35. The second-order valence-corrected chi connectivity index (χ2v) is 7.67. The van der Waals surface area contributed by atoms with Gasteiger partial charge in [0, 0.05) is 31.3 Å². The maximum Gasteiger partial charge on any atom is 0.416 e. The van der Waals surface area contributed by atoms with Crippen molar-refractivity contribution in [2.24, 2.45) is 7.05 Å². The molecule has 164 valence electrons. The van der Waals surface area contributed by atoms with Gasteiger partial charge in [-0.1, -0.05) is 12.1 Å². The number of amides is 1. The molecule has 2 aliphatic heterocycles. The third-order valence-electron chi connectivity index (χ3n) is 5.75. The molecule has 1 saturated heterocycles. The minimum Gasteiger partial charge on any atom is -0.370 e. The summed E-state index contributed by atoms with van der Waals surface area (Å²) in [7, 11) is 1.82. The van der Waals surface area contributed by atoms with Crippen molar-refractivity contribution in [3.8, 4) is 0 Å². The molecule has 2 N–H and O–H groups in total. The number of ether oxygens (including phenoxy) is 1. The molecular weight excluding hydrogens is 421 g/mol. The van der Waals surface area contributed by atoms with Gasteiger partial charge in [0.25, 0.3) is 5.91 Å². The monoisotopic (exact) mass is 444 g/mol. The summed E-state index contributed by atoms with van der Waals surface area (Å²) in [5.74, 6) is -0.355. The maximum atomic E-state index is 12.7. The van der Waals surface area contributed by atoms with Crippen molar-refractivity contribution >= 4 is 18.3 Å². The molecule has 1 aromatic carbocycles. The Labute approximate surface area is 178 Å². The van der Waals surface area contributed by atoms with Crippen molar-refractivity contribution in [1.29, 1.82) is 0 Å². The SMILES string of the molecule is Cl.Cn1nc(C(=O)NCc2ccc(C(F)(F)F)cc2)c2c1CC1(CCNCC1)OC2. The van der Waals surface area contributed by atoms with Crippen LogP contribution < -0.4 is 10.6 Å². The second-order valence-electron chi connectivity index (χ2n) is 7.67. The Kier molecular flexibility index (Phi) is 6.45. The Morgan fingerprint density at radius 3 is 2.57 bits per heavy atom. The van der Waals surface area contributed by atoms with Gasteiger partial charge in [0.05, 0.1) is 17.8 Å². The number of fused-ring (bicyclic) bond motifs is 1. The highest BCUT2D eigenvalue weighted by molar-refractivity contribution is 5.94. The predicted molar refractivity (Wildman–Crippen MR) is 106 cm³/mol. The van der Waals surface area contributed by atoms with Crippen molar-refractivity contribution in [2.75, 3.05) is 13.1 Å². The summed E-state index contributed by atoms with van der Waals surface area (Å²) >= 11 is 0. The van der Waals surface area contributed by atoms with Crippen LogP contribution >= 0.6 is 12.4 Å². The van der Waals surface area contributed by atoms with Gasteiger partial charge in [-0.3, -0.25) is 9.48 Å². The molecule has 0 unspecified atom stereocenters. The molecule has 0 aliphatic carbocycles. The van der Waals surface area contributed by atoms with E-state index >= 15 is 0 Å². The highest BCUT2D eigenvalue weighted by Gasteiger charge is 2.40. The van der Waals surface area contributed by atoms with Crippen LogP contribution in [-0.4, -0.2) is 34.4 Å². The van der Waals surface area contributed by atoms with Crippen LogP contribution in [0.3, 0.4) is 0 Å². The first-order chi connectivity index (χ1) is 13.8. The normalized spacial score (nSPS) is 17.9. The zero-order valence-corrected chi connectivity index (χ0v) is 17.3. The van der Waals surface area contributed by atoms with Crippen LogP contribution in [0.15, 0.2) is 24.3 Å². The quantitative estimate of drug-likeness (QED) is 0.763. The number of nitrogens with zero attached hydrogens (tertiary/aromatic N) is 2. The predicted octanol–water partition coefficient (Wildman–Crippen LogP) is 2.99. The Bertz CT molecular complexity index is 906. The van der Waals surface area contributed by atoms with E-state index in [4.69, 9.17) is 4.74 Å². The summed E-state index contributed by atoms with van der Waals surface area (Å²) in [4.78, 5) is 12.7. The summed E-state index contributed by atoms with van der Waals surface area (Å²) < 4.78 is 45.9. The fraction of sp³-hybridized carbons (Fsp3) is 0.500. The van der Waals surface area contributed by atoms with Crippen LogP contribution in [0.1, 0.15) is 45.7 Å². The fourth-order valence-electron chi connectivity index (χ4n) is 4.02. The Morgan fingerprint density at radius 1 is 1.27 bits per heavy atom. The largest absolute Gasteiger partial charge is 0.416 e. The fourth-order valence-corrected chi connectivity index (χ4v) is 4.02. The molecule has 1 aromatic heterocycles. The summed E-state index contributed by atoms with van der Waals surface area (Å²) in [6.45, 7) is 2.28. The van der Waals surface area contributed by atoms with E-state index in [9.17, 15) is 18.0 Å². The van der Waals surface area contributed by atoms with Crippen molar-refractivity contribution < 1.29 is 22.7 Å². The van der Waals surface area contributed by atoms with E-state index in [1.807, 2.05) is 7.05 Å². The van der Waals surface area contributed by atoms with Crippen LogP contribution in [0.2, 0.25) is 0 Å². The van der Waals surface area contributed by atoms with Crippen molar-refractivity contribution in [3.63, 3.8) is 0 Å². The first-order valence-electron chi connectivity index (χ1n) is 9.61. The lowest BCUT2D eigenvalue weighted by Gasteiger charge is -2.40. The molecular formula is C20H24ClF3N4O2. The summed E-state index contributed by atoms with van der Waals surface area (Å²) in [5, 5.41) is 10.5. The molecule has 30 heavy (non-hydrogen) atoms. The number of alkyl halides is 3. The molecule has 10 heteroatoms. The molecule has 1 spiro atoms. The van der Waals surface area contributed by atoms with Crippen LogP contribution in [-0.2, 0) is 37.5 Å². The molecule has 0 atom stereocenters. The van der Waals surface area contributed by atoms with Gasteiger partial charge in [-0.15, -0.1) is 12.4 Å². The lowest BCUT2D eigenvalue weighted by Crippen LogP contribution is -2.47.